The van der Waals surface area contributed by atoms with Crippen LogP contribution in [-0.4, -0.2) is 111 Å². The number of carbonyl (C=O) groups excluding carboxylic acids is 7. The van der Waals surface area contributed by atoms with Gasteiger partial charge in [-0.15, -0.1) is 0 Å². The molecule has 1 rings (SSSR count). The van der Waals surface area contributed by atoms with Crippen molar-refractivity contribution in [3.63, 3.8) is 0 Å². The number of nitrogens with one attached hydrogen (secondary N) is 5. The summed E-state index contributed by atoms with van der Waals surface area (Å²) in [6.45, 7) is 2.77. The molecule has 20 nitrogen and oxygen atoms in total. The molecule has 7 amide bonds. The second-order valence-electron chi connectivity index (χ2n) is 12.4. The van der Waals surface area contributed by atoms with E-state index >= 15 is 0 Å². The van der Waals surface area contributed by atoms with Crippen molar-refractivity contribution >= 4 is 53.3 Å². The Morgan fingerprint density at radius 3 is 1.56 bits per heavy atom. The van der Waals surface area contributed by atoms with Gasteiger partial charge in [0.2, 0.25) is 41.4 Å². The summed E-state index contributed by atoms with van der Waals surface area (Å²) in [7, 11) is 0. The van der Waals surface area contributed by atoms with Gasteiger partial charge in [0.15, 0.2) is 0 Å². The minimum absolute atomic E-state index is 0.0178. The van der Waals surface area contributed by atoms with Crippen molar-refractivity contribution in [2.75, 3.05) is 6.61 Å². The summed E-state index contributed by atoms with van der Waals surface area (Å²) in [5.41, 5.74) is 16.6. The largest absolute Gasteiger partial charge is 0.481 e. The molecule has 0 aromatic heterocycles. The maximum Gasteiger partial charge on any atom is 0.326 e. The first-order valence-electron chi connectivity index (χ1n) is 16.3. The van der Waals surface area contributed by atoms with Gasteiger partial charge in [0.25, 0.3) is 0 Å². The summed E-state index contributed by atoms with van der Waals surface area (Å²) in [5, 5.41) is 39.5. The van der Waals surface area contributed by atoms with E-state index in [2.05, 4.69) is 21.3 Å². The van der Waals surface area contributed by atoms with Crippen LogP contribution in [0.1, 0.15) is 57.9 Å². The molecular weight excluding hydrogens is 688 g/mol. The summed E-state index contributed by atoms with van der Waals surface area (Å²) in [4.78, 5) is 112. The Labute approximate surface area is 299 Å². The highest BCUT2D eigenvalue weighted by Crippen LogP contribution is 2.10. The molecule has 0 saturated heterocycles. The van der Waals surface area contributed by atoms with E-state index in [9.17, 15) is 58.5 Å². The maximum atomic E-state index is 13.7. The van der Waals surface area contributed by atoms with Gasteiger partial charge in [0.05, 0.1) is 13.0 Å². The fourth-order valence-electron chi connectivity index (χ4n) is 4.71. The fraction of sp³-hybridized carbons (Fsp3) is 0.531. The van der Waals surface area contributed by atoms with Gasteiger partial charge >= 0.3 is 11.9 Å². The molecule has 0 unspecified atom stereocenters. The van der Waals surface area contributed by atoms with Gasteiger partial charge in [-0.05, 0) is 30.7 Å². The first kappa shape index (κ1) is 44.4. The van der Waals surface area contributed by atoms with Crippen LogP contribution in [0.25, 0.3) is 0 Å². The Hall–Kier alpha value is -5.63. The molecule has 0 heterocycles. The molecule has 0 spiro atoms. The van der Waals surface area contributed by atoms with Gasteiger partial charge in [-0.25, -0.2) is 4.79 Å². The lowest BCUT2D eigenvalue weighted by Gasteiger charge is -2.27. The monoisotopic (exact) mass is 736 g/mol. The molecule has 14 N–H and O–H groups in total. The highest BCUT2D eigenvalue weighted by molar-refractivity contribution is 5.97. The molecule has 1 aromatic carbocycles. The summed E-state index contributed by atoms with van der Waals surface area (Å²) in [6, 6.07) is -0.469. The first-order valence-corrected chi connectivity index (χ1v) is 16.3. The van der Waals surface area contributed by atoms with Crippen LogP contribution in [0.3, 0.4) is 0 Å². The third kappa shape index (κ3) is 16.9. The number of primary amides is 2. The number of amides is 7. The average molecular weight is 737 g/mol. The van der Waals surface area contributed by atoms with Crippen molar-refractivity contribution in [2.45, 2.75) is 95.0 Å². The summed E-state index contributed by atoms with van der Waals surface area (Å²) >= 11 is 0. The minimum Gasteiger partial charge on any atom is -0.481 e. The van der Waals surface area contributed by atoms with E-state index in [0.29, 0.717) is 5.56 Å². The van der Waals surface area contributed by atoms with E-state index < -0.39 is 128 Å². The molecule has 6 atom stereocenters. The number of aliphatic carboxylic acids is 2. The lowest BCUT2D eigenvalue weighted by Crippen LogP contribution is -2.60. The smallest absolute Gasteiger partial charge is 0.326 e. The predicted octanol–water partition coefficient (Wildman–Crippen LogP) is -3.89. The maximum absolute atomic E-state index is 13.7. The van der Waals surface area contributed by atoms with Crippen LogP contribution in [0.15, 0.2) is 30.3 Å². The van der Waals surface area contributed by atoms with E-state index in [-0.39, 0.29) is 18.8 Å². The van der Waals surface area contributed by atoms with E-state index in [1.54, 1.807) is 44.2 Å². The number of nitrogens with two attached hydrogens (primary N) is 3. The van der Waals surface area contributed by atoms with Crippen molar-refractivity contribution in [2.24, 2.45) is 23.1 Å². The molecule has 52 heavy (non-hydrogen) atoms. The van der Waals surface area contributed by atoms with Gasteiger partial charge in [0, 0.05) is 19.3 Å². The number of benzene rings is 1. The van der Waals surface area contributed by atoms with E-state index in [1.165, 1.54) is 0 Å². The molecule has 288 valence electrons. The summed E-state index contributed by atoms with van der Waals surface area (Å²) < 4.78 is 0. The molecule has 0 aliphatic heterocycles. The molecular formula is C32H48N8O12. The molecule has 0 radical (unpaired) electrons. The van der Waals surface area contributed by atoms with Crippen LogP contribution in [0, 0.1) is 5.92 Å². The summed E-state index contributed by atoms with van der Waals surface area (Å²) in [5.74, 6) is -9.99. The van der Waals surface area contributed by atoms with Gasteiger partial charge < -0.3 is 59.1 Å². The number of hydrogen-bond donors (Lipinski definition) is 11. The quantitative estimate of drug-likeness (QED) is 0.0484. The number of carboxylic acid groups (broad SMARTS) is 2. The van der Waals surface area contributed by atoms with E-state index in [1.807, 2.05) is 5.32 Å². The third-order valence-corrected chi connectivity index (χ3v) is 7.40. The highest BCUT2D eigenvalue weighted by atomic mass is 16.4. The van der Waals surface area contributed by atoms with Gasteiger partial charge in [-0.1, -0.05) is 44.2 Å². The van der Waals surface area contributed by atoms with Crippen LogP contribution >= 0.6 is 0 Å². The van der Waals surface area contributed by atoms with Crippen molar-refractivity contribution < 1.29 is 58.5 Å². The van der Waals surface area contributed by atoms with E-state index in [0.717, 1.165) is 0 Å². The average Bonchev–Trinajstić information content (AvgIpc) is 3.06. The number of rotatable bonds is 24. The third-order valence-electron chi connectivity index (χ3n) is 7.40. The second-order valence-corrected chi connectivity index (χ2v) is 12.4. The Morgan fingerprint density at radius 1 is 0.635 bits per heavy atom. The van der Waals surface area contributed by atoms with Crippen LogP contribution < -0.4 is 43.8 Å². The Bertz CT molecular complexity index is 1440. The number of aliphatic hydroxyl groups is 1. The van der Waals surface area contributed by atoms with Crippen LogP contribution in [0.2, 0.25) is 0 Å². The zero-order chi connectivity index (χ0) is 39.5. The van der Waals surface area contributed by atoms with Crippen molar-refractivity contribution in [3.05, 3.63) is 35.9 Å². The molecule has 0 saturated carbocycles. The predicted molar refractivity (Wildman–Crippen MR) is 181 cm³/mol. The number of hydrogen-bond acceptors (Lipinski definition) is 11. The number of carbonyl (C=O) groups is 9. The zero-order valence-corrected chi connectivity index (χ0v) is 28.8. The second kappa shape index (κ2) is 22.2. The normalized spacial score (nSPS) is 14.3. The molecule has 1 aromatic rings. The van der Waals surface area contributed by atoms with E-state index in [4.69, 9.17) is 17.2 Å². The zero-order valence-electron chi connectivity index (χ0n) is 28.8. The Kier molecular flexibility index (Phi) is 19.0. The van der Waals surface area contributed by atoms with Crippen LogP contribution in [-0.2, 0) is 49.6 Å². The molecule has 0 aliphatic carbocycles. The first-order chi connectivity index (χ1) is 24.3. The van der Waals surface area contributed by atoms with Gasteiger partial charge in [-0.3, -0.25) is 38.4 Å². The number of aliphatic hydroxyl groups excluding tert-OH is 1. The minimum atomic E-state index is -1.81. The van der Waals surface area contributed by atoms with Crippen molar-refractivity contribution in [1.82, 2.24) is 26.6 Å². The molecule has 0 fully saturated rings. The lowest BCUT2D eigenvalue weighted by molar-refractivity contribution is -0.144. The lowest BCUT2D eigenvalue weighted by atomic mass is 10.00. The Balaban J connectivity index is 3.35. The molecule has 0 aliphatic rings. The fourth-order valence-corrected chi connectivity index (χ4v) is 4.71. The van der Waals surface area contributed by atoms with Gasteiger partial charge in [-0.2, -0.15) is 0 Å². The highest BCUT2D eigenvalue weighted by Gasteiger charge is 2.34. The number of carboxylic acids is 2. The molecule has 20 heteroatoms. The van der Waals surface area contributed by atoms with Crippen molar-refractivity contribution in [1.29, 1.82) is 0 Å². The summed E-state index contributed by atoms with van der Waals surface area (Å²) in [6.07, 6.45) is -2.90. The van der Waals surface area contributed by atoms with Gasteiger partial charge in [0.1, 0.15) is 36.3 Å². The molecule has 0 bridgehead atoms. The van der Waals surface area contributed by atoms with Crippen molar-refractivity contribution in [3.8, 4) is 0 Å². The topological polar surface area (TPSA) is 353 Å². The standard InChI is InChI=1S/C32H48N8O12/c1-16(2)12-21(39-31(50)22(38-27(46)18(33)15-41)13-17-6-4-3-5-7-17)30(49)37-19(8-10-24(34)42)28(47)36-20(9-11-26(44)45)29(48)40-23(32(51)52)14-25(35)43/h3-7,16,18-23,41H,8-15,33H2,1-2H3,(H2,34,42)(H2,35,43)(H,36,47)(H,37,49)(H,38,46)(H,39,50)(H,40,48)(H,44,45)(H,51,52)/t18-,19-,20-,21-,22-,23-/m0/s1. The Morgan fingerprint density at radius 2 is 1.10 bits per heavy atom. The van der Waals surface area contributed by atoms with Crippen LogP contribution in [0.4, 0.5) is 0 Å². The SMILES string of the molecule is CC(C)C[C@H](NC(=O)[C@H](Cc1ccccc1)NC(=O)[C@@H](N)CO)C(=O)N[C@@H](CCC(N)=O)C(=O)N[C@@H](CCC(=O)O)C(=O)N[C@@H](CC(N)=O)C(=O)O. The van der Waals surface area contributed by atoms with Crippen LogP contribution in [0.5, 0.6) is 0 Å².